The summed E-state index contributed by atoms with van der Waals surface area (Å²) in [6.45, 7) is 6.00. The van der Waals surface area contributed by atoms with Crippen LogP contribution in [0.2, 0.25) is 5.02 Å². The van der Waals surface area contributed by atoms with Crippen molar-refractivity contribution < 1.29 is 29.2 Å². The van der Waals surface area contributed by atoms with E-state index in [1.165, 1.54) is 12.3 Å². The lowest BCUT2D eigenvalue weighted by Crippen LogP contribution is -2.32. The number of aromatic carboxylic acids is 1. The number of aliphatic hydroxyl groups is 1. The van der Waals surface area contributed by atoms with Gasteiger partial charge in [0.05, 0.1) is 23.8 Å². The zero-order valence-corrected chi connectivity index (χ0v) is 29.5. The molecule has 11 heteroatoms. The van der Waals surface area contributed by atoms with Gasteiger partial charge >= 0.3 is 5.97 Å². The first-order valence-corrected chi connectivity index (χ1v) is 17.3. The summed E-state index contributed by atoms with van der Waals surface area (Å²) in [4.78, 5) is 15.5. The predicted octanol–water partition coefficient (Wildman–Crippen LogP) is 7.46. The highest BCUT2D eigenvalue weighted by Crippen LogP contribution is 2.36. The molecule has 262 valence electrons. The standard InChI is InChI=1S/C38H45Cl2N3O6/c1-25-28(8-5-10-32(25)33-11-6-12-35(26(33)2)47-15-7-13-39)24-49-37-18-36(48-23-27-16-30(38(45)46)20-42-19-27)29(17-34(37)40)21-43-31(22-44)9-3-4-14-41/h5-6,8,10-12,16-20,31,43-44H,3-4,7,9,13-15,21-24,41H2,1-2H3,(H,45,46). The molecular weight excluding hydrogens is 665 g/mol. The molecule has 0 radical (unpaired) electrons. The Kier molecular flexibility index (Phi) is 15.0. The van der Waals surface area contributed by atoms with Crippen LogP contribution in [0.3, 0.4) is 0 Å². The number of aromatic nitrogens is 1. The lowest BCUT2D eigenvalue weighted by molar-refractivity contribution is 0.0696. The number of alkyl halides is 1. The van der Waals surface area contributed by atoms with Crippen LogP contribution in [0.15, 0.2) is 67.0 Å². The average molecular weight is 711 g/mol. The van der Waals surface area contributed by atoms with E-state index in [0.29, 0.717) is 47.7 Å². The van der Waals surface area contributed by atoms with Gasteiger partial charge in [-0.15, -0.1) is 11.6 Å². The maximum Gasteiger partial charge on any atom is 0.337 e. The van der Waals surface area contributed by atoms with Crippen molar-refractivity contribution in [3.05, 3.63) is 105 Å². The quantitative estimate of drug-likeness (QED) is 0.0544. The number of nitrogens with one attached hydrogen (secondary N) is 1. The van der Waals surface area contributed by atoms with Gasteiger partial charge in [-0.05, 0) is 85.7 Å². The lowest BCUT2D eigenvalue weighted by Gasteiger charge is -2.20. The molecule has 9 nitrogen and oxygen atoms in total. The molecule has 49 heavy (non-hydrogen) atoms. The summed E-state index contributed by atoms with van der Waals surface area (Å²) < 4.78 is 18.5. The Bertz CT molecular complexity index is 1690. The zero-order chi connectivity index (χ0) is 35.2. The molecule has 0 fully saturated rings. The van der Waals surface area contributed by atoms with Crippen molar-refractivity contribution in [1.82, 2.24) is 10.3 Å². The van der Waals surface area contributed by atoms with Gasteiger partial charge in [-0.25, -0.2) is 4.79 Å². The zero-order valence-electron chi connectivity index (χ0n) is 28.0. The Balaban J connectivity index is 1.56. The minimum absolute atomic E-state index is 0.0212. The fourth-order valence-corrected chi connectivity index (χ4v) is 5.79. The maximum absolute atomic E-state index is 11.5. The number of unbranched alkanes of at least 4 members (excludes halogenated alkanes) is 1. The van der Waals surface area contributed by atoms with Gasteiger partial charge in [-0.2, -0.15) is 0 Å². The maximum atomic E-state index is 11.5. The number of pyridine rings is 1. The van der Waals surface area contributed by atoms with E-state index in [-0.39, 0.29) is 31.4 Å². The number of halogens is 2. The van der Waals surface area contributed by atoms with Crippen LogP contribution in [0.4, 0.5) is 0 Å². The first kappa shape index (κ1) is 38.0. The van der Waals surface area contributed by atoms with Crippen molar-refractivity contribution in [3.8, 4) is 28.4 Å². The van der Waals surface area contributed by atoms with Gasteiger partial charge in [0.2, 0.25) is 0 Å². The third-order valence-corrected chi connectivity index (χ3v) is 8.86. The van der Waals surface area contributed by atoms with Gasteiger partial charge in [-0.1, -0.05) is 48.4 Å². The van der Waals surface area contributed by atoms with Crippen molar-refractivity contribution in [2.75, 3.05) is 25.6 Å². The molecule has 0 bridgehead atoms. The fraction of sp³-hybridized carbons (Fsp3) is 0.368. The van der Waals surface area contributed by atoms with E-state index in [4.69, 9.17) is 43.1 Å². The van der Waals surface area contributed by atoms with Gasteiger partial charge in [-0.3, -0.25) is 4.98 Å². The minimum Gasteiger partial charge on any atom is -0.493 e. The Labute approximate surface area is 298 Å². The molecule has 4 rings (SSSR count). The molecule has 0 saturated carbocycles. The van der Waals surface area contributed by atoms with E-state index in [2.05, 4.69) is 36.3 Å². The van der Waals surface area contributed by atoms with Crippen LogP contribution in [0, 0.1) is 13.8 Å². The van der Waals surface area contributed by atoms with Crippen LogP contribution in [0.5, 0.6) is 17.2 Å². The predicted molar refractivity (Wildman–Crippen MR) is 194 cm³/mol. The molecular formula is C38H45Cl2N3O6. The van der Waals surface area contributed by atoms with E-state index in [1.807, 2.05) is 24.3 Å². The number of aliphatic hydroxyl groups excluding tert-OH is 1. The SMILES string of the molecule is Cc1c(COc2cc(OCc3cncc(C(=O)O)c3)c(CNC(CO)CCCCN)cc2Cl)cccc1-c1cccc(OCCCCl)c1C. The smallest absolute Gasteiger partial charge is 0.337 e. The molecule has 3 aromatic carbocycles. The van der Waals surface area contributed by atoms with Crippen LogP contribution in [-0.4, -0.2) is 52.8 Å². The van der Waals surface area contributed by atoms with Gasteiger partial charge in [0.25, 0.3) is 0 Å². The number of hydrogen-bond acceptors (Lipinski definition) is 8. The van der Waals surface area contributed by atoms with E-state index >= 15 is 0 Å². The number of carboxylic acids is 1. The molecule has 4 aromatic rings. The Hall–Kier alpha value is -3.86. The van der Waals surface area contributed by atoms with Crippen molar-refractivity contribution in [3.63, 3.8) is 0 Å². The van der Waals surface area contributed by atoms with Crippen LogP contribution in [-0.2, 0) is 19.8 Å². The van der Waals surface area contributed by atoms with E-state index in [0.717, 1.165) is 64.8 Å². The molecule has 0 aliphatic carbocycles. The molecule has 0 amide bonds. The van der Waals surface area contributed by atoms with Crippen molar-refractivity contribution in [2.24, 2.45) is 5.73 Å². The highest BCUT2D eigenvalue weighted by atomic mass is 35.5. The highest BCUT2D eigenvalue weighted by Gasteiger charge is 2.17. The number of nitrogens with zero attached hydrogens (tertiary/aromatic N) is 1. The molecule has 1 heterocycles. The Morgan fingerprint density at radius 2 is 1.65 bits per heavy atom. The summed E-state index contributed by atoms with van der Waals surface area (Å²) in [5, 5.41) is 23.1. The summed E-state index contributed by atoms with van der Waals surface area (Å²) >= 11 is 12.6. The summed E-state index contributed by atoms with van der Waals surface area (Å²) in [7, 11) is 0. The lowest BCUT2D eigenvalue weighted by atomic mass is 9.93. The average Bonchev–Trinajstić information content (AvgIpc) is 3.10. The van der Waals surface area contributed by atoms with Crippen molar-refractivity contribution in [1.29, 1.82) is 0 Å². The molecule has 1 aromatic heterocycles. The third-order valence-electron chi connectivity index (χ3n) is 8.30. The van der Waals surface area contributed by atoms with E-state index in [9.17, 15) is 15.0 Å². The fourth-order valence-electron chi connectivity index (χ4n) is 5.44. The topological polar surface area (TPSA) is 136 Å². The first-order chi connectivity index (χ1) is 23.7. The Morgan fingerprint density at radius 1 is 0.898 bits per heavy atom. The van der Waals surface area contributed by atoms with E-state index in [1.54, 1.807) is 18.3 Å². The van der Waals surface area contributed by atoms with Crippen LogP contribution in [0.1, 0.15) is 63.9 Å². The first-order valence-electron chi connectivity index (χ1n) is 16.4. The molecule has 0 aliphatic heterocycles. The molecule has 1 unspecified atom stereocenters. The number of nitrogens with two attached hydrogens (primary N) is 1. The number of ether oxygens (including phenoxy) is 3. The van der Waals surface area contributed by atoms with Crippen molar-refractivity contribution in [2.45, 2.75) is 65.3 Å². The molecule has 0 aliphatic rings. The van der Waals surface area contributed by atoms with Gasteiger partial charge in [0.15, 0.2) is 0 Å². The summed E-state index contributed by atoms with van der Waals surface area (Å²) in [5.41, 5.74) is 12.4. The normalized spacial score (nSPS) is 11.7. The molecule has 0 spiro atoms. The highest BCUT2D eigenvalue weighted by molar-refractivity contribution is 6.32. The van der Waals surface area contributed by atoms with Crippen LogP contribution in [0.25, 0.3) is 11.1 Å². The summed E-state index contributed by atoms with van der Waals surface area (Å²) in [6, 6.07) is 17.1. The molecule has 5 N–H and O–H groups in total. The monoisotopic (exact) mass is 709 g/mol. The second-order valence-corrected chi connectivity index (χ2v) is 12.6. The van der Waals surface area contributed by atoms with E-state index < -0.39 is 5.97 Å². The number of hydrogen-bond donors (Lipinski definition) is 4. The molecule has 1 atom stereocenters. The largest absolute Gasteiger partial charge is 0.493 e. The summed E-state index contributed by atoms with van der Waals surface area (Å²) in [5.74, 6) is 1.27. The van der Waals surface area contributed by atoms with Gasteiger partial charge < -0.3 is 35.5 Å². The van der Waals surface area contributed by atoms with Crippen LogP contribution < -0.4 is 25.3 Å². The summed E-state index contributed by atoms with van der Waals surface area (Å²) in [6.07, 6.45) is 6.18. The third kappa shape index (κ3) is 10.8. The minimum atomic E-state index is -1.07. The van der Waals surface area contributed by atoms with Crippen molar-refractivity contribution >= 4 is 29.2 Å². The Morgan fingerprint density at radius 3 is 2.39 bits per heavy atom. The molecule has 0 saturated heterocycles. The van der Waals surface area contributed by atoms with Crippen LogP contribution >= 0.6 is 23.2 Å². The number of carboxylic acid groups (broad SMARTS) is 1. The number of rotatable bonds is 20. The van der Waals surface area contributed by atoms with Gasteiger partial charge in [0, 0.05) is 48.1 Å². The second-order valence-electron chi connectivity index (χ2n) is 11.8. The van der Waals surface area contributed by atoms with Gasteiger partial charge in [0.1, 0.15) is 30.5 Å². The second kappa shape index (κ2) is 19.4. The number of carbonyl (C=O) groups is 1. The number of benzene rings is 3.